The van der Waals surface area contributed by atoms with E-state index in [4.69, 9.17) is 0 Å². The molecular weight excluding hydrogens is 320 g/mol. The molecular formula is C19H22N2O2S. The zero-order valence-corrected chi connectivity index (χ0v) is 14.5. The van der Waals surface area contributed by atoms with Gasteiger partial charge < -0.3 is 9.80 Å². The maximum absolute atomic E-state index is 12.9. The predicted molar refractivity (Wildman–Crippen MR) is 96.6 cm³/mol. The van der Waals surface area contributed by atoms with E-state index in [2.05, 4.69) is 24.3 Å². The van der Waals surface area contributed by atoms with Crippen LogP contribution >= 0.6 is 11.8 Å². The van der Waals surface area contributed by atoms with Crippen LogP contribution in [0.5, 0.6) is 0 Å². The first-order chi connectivity index (χ1) is 11.7. The molecule has 0 spiro atoms. The lowest BCUT2D eigenvalue weighted by atomic mass is 9.97. The van der Waals surface area contributed by atoms with E-state index in [0.29, 0.717) is 13.0 Å². The third-order valence-electron chi connectivity index (χ3n) is 5.22. The van der Waals surface area contributed by atoms with Crippen molar-refractivity contribution >= 4 is 29.7 Å². The van der Waals surface area contributed by atoms with Gasteiger partial charge in [-0.1, -0.05) is 36.4 Å². The van der Waals surface area contributed by atoms with E-state index < -0.39 is 0 Å². The van der Waals surface area contributed by atoms with Gasteiger partial charge in [-0.05, 0) is 24.0 Å². The smallest absolute Gasteiger partial charge is 0.246 e. The zero-order chi connectivity index (χ0) is 16.5. The fourth-order valence-electron chi connectivity index (χ4n) is 3.93. The fourth-order valence-corrected chi connectivity index (χ4v) is 4.88. The molecule has 0 N–H and O–H groups in total. The Labute approximate surface area is 146 Å². The SMILES string of the molecule is O=C([C@H]1CCCN1C(=O)CC1C=Cc2ccccc21)N1CCSC1. The summed E-state index contributed by atoms with van der Waals surface area (Å²) in [5, 5.41) is 0. The van der Waals surface area contributed by atoms with E-state index in [9.17, 15) is 9.59 Å². The lowest BCUT2D eigenvalue weighted by Gasteiger charge is -2.28. The van der Waals surface area contributed by atoms with Crippen molar-refractivity contribution in [3.8, 4) is 0 Å². The van der Waals surface area contributed by atoms with Crippen LogP contribution in [0.2, 0.25) is 0 Å². The highest BCUT2D eigenvalue weighted by atomic mass is 32.2. The van der Waals surface area contributed by atoms with Gasteiger partial charge in [0.2, 0.25) is 11.8 Å². The number of rotatable bonds is 3. The molecule has 1 unspecified atom stereocenters. The standard InChI is InChI=1S/C19H22N2O2S/c22-18(12-15-8-7-14-4-1-2-5-16(14)15)21-9-3-6-17(21)19(23)20-10-11-24-13-20/h1-2,4-5,7-8,15,17H,3,6,9-13H2/t15?,17-/m1/s1. The lowest BCUT2D eigenvalue weighted by Crippen LogP contribution is -2.47. The number of likely N-dealkylation sites (tertiary alicyclic amines) is 1. The molecule has 0 aromatic heterocycles. The number of thioether (sulfide) groups is 1. The molecule has 2 saturated heterocycles. The van der Waals surface area contributed by atoms with Crippen molar-refractivity contribution in [2.24, 2.45) is 0 Å². The highest BCUT2D eigenvalue weighted by Crippen LogP contribution is 2.34. The van der Waals surface area contributed by atoms with Crippen molar-refractivity contribution in [3.63, 3.8) is 0 Å². The second-order valence-corrected chi connectivity index (χ2v) is 7.76. The van der Waals surface area contributed by atoms with Crippen LogP contribution in [0.3, 0.4) is 0 Å². The summed E-state index contributed by atoms with van der Waals surface area (Å²) in [4.78, 5) is 29.3. The monoisotopic (exact) mass is 342 g/mol. The summed E-state index contributed by atoms with van der Waals surface area (Å²) in [5.41, 5.74) is 2.43. The van der Waals surface area contributed by atoms with Gasteiger partial charge in [0.1, 0.15) is 6.04 Å². The maximum atomic E-state index is 12.9. The van der Waals surface area contributed by atoms with E-state index in [1.165, 1.54) is 11.1 Å². The summed E-state index contributed by atoms with van der Waals surface area (Å²) in [6.07, 6.45) is 6.42. The molecule has 4 rings (SSSR count). The molecule has 2 aliphatic heterocycles. The summed E-state index contributed by atoms with van der Waals surface area (Å²) in [7, 11) is 0. The van der Waals surface area contributed by atoms with Crippen molar-refractivity contribution in [3.05, 3.63) is 41.5 Å². The molecule has 1 aliphatic carbocycles. The fraction of sp³-hybridized carbons (Fsp3) is 0.474. The third kappa shape index (κ3) is 2.86. The van der Waals surface area contributed by atoms with Gasteiger partial charge in [0, 0.05) is 31.2 Å². The molecule has 5 heteroatoms. The van der Waals surface area contributed by atoms with Gasteiger partial charge in [-0.25, -0.2) is 0 Å². The van der Waals surface area contributed by atoms with Gasteiger partial charge >= 0.3 is 0 Å². The van der Waals surface area contributed by atoms with Crippen molar-refractivity contribution in [1.82, 2.24) is 9.80 Å². The van der Waals surface area contributed by atoms with E-state index in [1.807, 2.05) is 21.9 Å². The van der Waals surface area contributed by atoms with Gasteiger partial charge in [0.05, 0.1) is 5.88 Å². The van der Waals surface area contributed by atoms with Crippen LogP contribution in [-0.2, 0) is 9.59 Å². The Morgan fingerprint density at radius 2 is 2.08 bits per heavy atom. The Morgan fingerprint density at radius 3 is 2.92 bits per heavy atom. The highest BCUT2D eigenvalue weighted by Gasteiger charge is 2.37. The van der Waals surface area contributed by atoms with Crippen LogP contribution in [0.15, 0.2) is 30.3 Å². The van der Waals surface area contributed by atoms with Crippen LogP contribution in [0, 0.1) is 0 Å². The summed E-state index contributed by atoms with van der Waals surface area (Å²) < 4.78 is 0. The predicted octanol–water partition coefficient (Wildman–Crippen LogP) is 2.71. The van der Waals surface area contributed by atoms with Crippen LogP contribution in [0.1, 0.15) is 36.3 Å². The molecule has 2 atom stereocenters. The summed E-state index contributed by atoms with van der Waals surface area (Å²) in [6.45, 7) is 1.54. The molecule has 0 radical (unpaired) electrons. The van der Waals surface area contributed by atoms with E-state index in [-0.39, 0.29) is 23.8 Å². The minimum absolute atomic E-state index is 0.115. The van der Waals surface area contributed by atoms with Gasteiger partial charge in [0.15, 0.2) is 0 Å². The Kier molecular flexibility index (Phi) is 4.35. The number of hydrogen-bond donors (Lipinski definition) is 0. The molecule has 1 aromatic rings. The van der Waals surface area contributed by atoms with E-state index in [1.54, 1.807) is 11.8 Å². The average molecular weight is 342 g/mol. The molecule has 24 heavy (non-hydrogen) atoms. The number of carbonyl (C=O) groups is 2. The number of carbonyl (C=O) groups excluding carboxylic acids is 2. The summed E-state index contributed by atoms with van der Waals surface area (Å²) in [6, 6.07) is 8.00. The first-order valence-electron chi connectivity index (χ1n) is 8.67. The Bertz CT molecular complexity index is 682. The zero-order valence-electron chi connectivity index (χ0n) is 13.7. The number of allylic oxidation sites excluding steroid dienone is 1. The van der Waals surface area contributed by atoms with Crippen LogP contribution in [0.25, 0.3) is 6.08 Å². The van der Waals surface area contributed by atoms with E-state index >= 15 is 0 Å². The molecule has 2 fully saturated rings. The first-order valence-corrected chi connectivity index (χ1v) is 9.82. The largest absolute Gasteiger partial charge is 0.331 e. The quantitative estimate of drug-likeness (QED) is 0.848. The van der Waals surface area contributed by atoms with Crippen molar-refractivity contribution in [2.45, 2.75) is 31.2 Å². The minimum atomic E-state index is -0.239. The van der Waals surface area contributed by atoms with E-state index in [0.717, 1.165) is 31.0 Å². The van der Waals surface area contributed by atoms with Crippen LogP contribution in [-0.4, -0.2) is 52.4 Å². The number of benzene rings is 1. The van der Waals surface area contributed by atoms with Crippen molar-refractivity contribution in [2.75, 3.05) is 24.7 Å². The van der Waals surface area contributed by atoms with Crippen molar-refractivity contribution < 1.29 is 9.59 Å². The topological polar surface area (TPSA) is 40.6 Å². The van der Waals surface area contributed by atoms with Gasteiger partial charge in [-0.2, -0.15) is 0 Å². The normalized spacial score (nSPS) is 25.3. The Morgan fingerprint density at radius 1 is 1.21 bits per heavy atom. The lowest BCUT2D eigenvalue weighted by molar-refractivity contribution is -0.143. The minimum Gasteiger partial charge on any atom is -0.331 e. The molecule has 126 valence electrons. The maximum Gasteiger partial charge on any atom is 0.246 e. The van der Waals surface area contributed by atoms with Gasteiger partial charge in [-0.3, -0.25) is 9.59 Å². The third-order valence-corrected chi connectivity index (χ3v) is 6.19. The molecule has 2 heterocycles. The van der Waals surface area contributed by atoms with Crippen molar-refractivity contribution in [1.29, 1.82) is 0 Å². The number of hydrogen-bond acceptors (Lipinski definition) is 3. The molecule has 3 aliphatic rings. The number of nitrogens with zero attached hydrogens (tertiary/aromatic N) is 2. The molecule has 0 saturated carbocycles. The number of amides is 2. The highest BCUT2D eigenvalue weighted by molar-refractivity contribution is 7.99. The summed E-state index contributed by atoms with van der Waals surface area (Å²) >= 11 is 1.79. The molecule has 4 nitrogen and oxygen atoms in total. The Balaban J connectivity index is 1.44. The van der Waals surface area contributed by atoms with Crippen LogP contribution in [0.4, 0.5) is 0 Å². The second-order valence-electron chi connectivity index (χ2n) is 6.68. The number of fused-ring (bicyclic) bond motifs is 1. The van der Waals surface area contributed by atoms with Gasteiger partial charge in [0.25, 0.3) is 0 Å². The molecule has 1 aromatic carbocycles. The second kappa shape index (κ2) is 6.63. The molecule has 2 amide bonds. The summed E-state index contributed by atoms with van der Waals surface area (Å²) in [5.74, 6) is 2.19. The van der Waals surface area contributed by atoms with Crippen LogP contribution < -0.4 is 0 Å². The molecule has 0 bridgehead atoms. The Hall–Kier alpha value is -1.75. The average Bonchev–Trinajstić information content (AvgIpc) is 3.35. The van der Waals surface area contributed by atoms with Gasteiger partial charge in [-0.15, -0.1) is 11.8 Å². The first kappa shape index (κ1) is 15.8.